The summed E-state index contributed by atoms with van der Waals surface area (Å²) in [4.78, 5) is 14.7. The van der Waals surface area contributed by atoms with Crippen molar-refractivity contribution in [2.45, 2.75) is 38.1 Å². The first-order chi connectivity index (χ1) is 10.1. The van der Waals surface area contributed by atoms with Crippen molar-refractivity contribution in [2.75, 3.05) is 19.6 Å². The van der Waals surface area contributed by atoms with Crippen molar-refractivity contribution >= 4 is 18.3 Å². The number of carbonyl (C=O) groups is 1. The summed E-state index contributed by atoms with van der Waals surface area (Å²) in [7, 11) is 0. The summed E-state index contributed by atoms with van der Waals surface area (Å²) in [6.45, 7) is 4.72. The molecule has 0 spiro atoms. The predicted molar refractivity (Wildman–Crippen MR) is 87.8 cm³/mol. The van der Waals surface area contributed by atoms with Gasteiger partial charge in [-0.3, -0.25) is 4.79 Å². The molecule has 2 aliphatic heterocycles. The third kappa shape index (κ3) is 3.61. The molecular weight excluding hydrogens is 303 g/mol. The Kier molecular flexibility index (Phi) is 5.81. The number of amides is 1. The van der Waals surface area contributed by atoms with Gasteiger partial charge in [0.25, 0.3) is 0 Å². The van der Waals surface area contributed by atoms with Gasteiger partial charge in [-0.15, -0.1) is 12.4 Å². The van der Waals surface area contributed by atoms with E-state index in [-0.39, 0.29) is 30.2 Å². The lowest BCUT2D eigenvalue weighted by molar-refractivity contribution is -0.136. The van der Waals surface area contributed by atoms with Gasteiger partial charge in [0, 0.05) is 25.0 Å². The van der Waals surface area contributed by atoms with Gasteiger partial charge in [0.2, 0.25) is 5.91 Å². The molecule has 1 N–H and O–H groups in total. The molecular formula is C17H24ClFN2O. The minimum atomic E-state index is -0.203. The molecule has 1 amide bonds. The monoisotopic (exact) mass is 326 g/mol. The summed E-state index contributed by atoms with van der Waals surface area (Å²) in [5.74, 6) is 0.555. The fourth-order valence-corrected chi connectivity index (χ4v) is 3.61. The molecule has 2 fully saturated rings. The molecule has 122 valence electrons. The van der Waals surface area contributed by atoms with Gasteiger partial charge in [-0.25, -0.2) is 4.39 Å². The molecule has 3 unspecified atom stereocenters. The van der Waals surface area contributed by atoms with Gasteiger partial charge in [0.05, 0.1) is 5.92 Å². The van der Waals surface area contributed by atoms with Crippen LogP contribution in [0.2, 0.25) is 0 Å². The number of nitrogens with zero attached hydrogens (tertiary/aromatic N) is 1. The normalized spacial score (nSPS) is 28.3. The van der Waals surface area contributed by atoms with Gasteiger partial charge in [-0.05, 0) is 50.4 Å². The topological polar surface area (TPSA) is 32.3 Å². The van der Waals surface area contributed by atoms with Crippen molar-refractivity contribution in [2.24, 2.45) is 5.92 Å². The maximum atomic E-state index is 13.0. The van der Waals surface area contributed by atoms with Crippen LogP contribution in [-0.2, 0) is 4.79 Å². The Hall–Kier alpha value is -1.13. The quantitative estimate of drug-likeness (QED) is 0.906. The van der Waals surface area contributed by atoms with Crippen molar-refractivity contribution in [1.82, 2.24) is 10.2 Å². The molecule has 22 heavy (non-hydrogen) atoms. The minimum Gasteiger partial charge on any atom is -0.339 e. The lowest BCUT2D eigenvalue weighted by Gasteiger charge is -2.29. The van der Waals surface area contributed by atoms with Crippen LogP contribution in [0.3, 0.4) is 0 Å². The number of hydrogen-bond donors (Lipinski definition) is 1. The van der Waals surface area contributed by atoms with Gasteiger partial charge in [-0.2, -0.15) is 0 Å². The van der Waals surface area contributed by atoms with Crippen molar-refractivity contribution in [1.29, 1.82) is 0 Å². The van der Waals surface area contributed by atoms with E-state index in [1.54, 1.807) is 0 Å². The first-order valence-electron chi connectivity index (χ1n) is 7.92. The van der Waals surface area contributed by atoms with Gasteiger partial charge in [-0.1, -0.05) is 12.1 Å². The first kappa shape index (κ1) is 17.2. The minimum absolute atomic E-state index is 0. The Morgan fingerprint density at radius 2 is 2.05 bits per heavy atom. The van der Waals surface area contributed by atoms with Crippen LogP contribution in [-0.4, -0.2) is 36.5 Å². The van der Waals surface area contributed by atoms with E-state index >= 15 is 0 Å². The molecule has 3 rings (SSSR count). The first-order valence-corrected chi connectivity index (χ1v) is 7.92. The highest BCUT2D eigenvalue weighted by atomic mass is 35.5. The Bertz CT molecular complexity index is 502. The van der Waals surface area contributed by atoms with E-state index < -0.39 is 0 Å². The number of hydrogen-bond acceptors (Lipinski definition) is 2. The van der Waals surface area contributed by atoms with Gasteiger partial charge in [0.15, 0.2) is 0 Å². The second-order valence-corrected chi connectivity index (χ2v) is 6.37. The summed E-state index contributed by atoms with van der Waals surface area (Å²) in [5.41, 5.74) is 1.14. The fraction of sp³-hybridized carbons (Fsp3) is 0.588. The molecule has 3 atom stereocenters. The van der Waals surface area contributed by atoms with Gasteiger partial charge in [0.1, 0.15) is 5.82 Å². The Balaban J connectivity index is 0.00000176. The predicted octanol–water partition coefficient (Wildman–Crippen LogP) is 2.95. The number of nitrogens with one attached hydrogen (secondary N) is 1. The summed E-state index contributed by atoms with van der Waals surface area (Å²) >= 11 is 0. The highest BCUT2D eigenvalue weighted by Crippen LogP contribution is 2.33. The number of halogens is 2. The van der Waals surface area contributed by atoms with Crippen LogP contribution < -0.4 is 5.32 Å². The zero-order valence-electron chi connectivity index (χ0n) is 12.9. The molecule has 2 aliphatic rings. The number of rotatable bonds is 2. The molecule has 1 aromatic rings. The van der Waals surface area contributed by atoms with E-state index in [2.05, 4.69) is 12.2 Å². The molecule has 0 bridgehead atoms. The summed E-state index contributed by atoms with van der Waals surface area (Å²) < 4.78 is 13.0. The lowest BCUT2D eigenvalue weighted by atomic mass is 9.97. The average Bonchev–Trinajstić information content (AvgIpc) is 2.90. The van der Waals surface area contributed by atoms with Crippen LogP contribution in [0.1, 0.15) is 37.7 Å². The SMILES string of the molecule is CC1CC(c2ccc(F)cc2)CN1C(=O)C1CCCNC1.Cl. The highest BCUT2D eigenvalue weighted by molar-refractivity contribution is 5.85. The van der Waals surface area contributed by atoms with E-state index in [0.29, 0.717) is 11.8 Å². The van der Waals surface area contributed by atoms with Crippen LogP contribution in [0.4, 0.5) is 4.39 Å². The standard InChI is InChI=1S/C17H23FN2O.ClH/c1-12-9-15(13-4-6-16(18)7-5-13)11-20(12)17(21)14-3-2-8-19-10-14;/h4-7,12,14-15,19H,2-3,8-11H2,1H3;1H. The van der Waals surface area contributed by atoms with Crippen molar-refractivity contribution in [3.63, 3.8) is 0 Å². The van der Waals surface area contributed by atoms with E-state index in [1.807, 2.05) is 17.0 Å². The highest BCUT2D eigenvalue weighted by Gasteiger charge is 2.36. The zero-order valence-corrected chi connectivity index (χ0v) is 13.7. The zero-order chi connectivity index (χ0) is 14.8. The second-order valence-electron chi connectivity index (χ2n) is 6.37. The Labute approximate surface area is 137 Å². The van der Waals surface area contributed by atoms with E-state index in [0.717, 1.165) is 44.5 Å². The number of likely N-dealkylation sites (tertiary alicyclic amines) is 1. The van der Waals surface area contributed by atoms with Crippen LogP contribution in [0.25, 0.3) is 0 Å². The van der Waals surface area contributed by atoms with Crippen LogP contribution >= 0.6 is 12.4 Å². The van der Waals surface area contributed by atoms with Crippen LogP contribution in [0, 0.1) is 11.7 Å². The molecule has 0 saturated carbocycles. The maximum absolute atomic E-state index is 13.0. The largest absolute Gasteiger partial charge is 0.339 e. The van der Waals surface area contributed by atoms with Gasteiger partial charge < -0.3 is 10.2 Å². The average molecular weight is 327 g/mol. The number of piperidine rings is 1. The molecule has 1 aromatic carbocycles. The lowest BCUT2D eigenvalue weighted by Crippen LogP contribution is -2.44. The summed E-state index contributed by atoms with van der Waals surface area (Å²) in [6.07, 6.45) is 3.05. The van der Waals surface area contributed by atoms with Gasteiger partial charge >= 0.3 is 0 Å². The van der Waals surface area contributed by atoms with Crippen LogP contribution in [0.15, 0.2) is 24.3 Å². The molecule has 2 heterocycles. The van der Waals surface area contributed by atoms with Crippen molar-refractivity contribution in [3.8, 4) is 0 Å². The van der Waals surface area contributed by atoms with Crippen molar-refractivity contribution in [3.05, 3.63) is 35.6 Å². The Morgan fingerprint density at radius 3 is 2.68 bits per heavy atom. The van der Waals surface area contributed by atoms with E-state index in [1.165, 1.54) is 12.1 Å². The summed E-state index contributed by atoms with van der Waals surface area (Å²) in [6, 6.07) is 6.99. The van der Waals surface area contributed by atoms with E-state index in [9.17, 15) is 9.18 Å². The molecule has 3 nitrogen and oxygen atoms in total. The molecule has 0 radical (unpaired) electrons. The van der Waals surface area contributed by atoms with E-state index in [4.69, 9.17) is 0 Å². The molecule has 0 aromatic heterocycles. The Morgan fingerprint density at radius 1 is 1.32 bits per heavy atom. The molecule has 5 heteroatoms. The third-order valence-corrected chi connectivity index (χ3v) is 4.85. The number of carbonyl (C=O) groups excluding carboxylic acids is 1. The number of benzene rings is 1. The second kappa shape index (κ2) is 7.42. The van der Waals surface area contributed by atoms with Crippen molar-refractivity contribution < 1.29 is 9.18 Å². The molecule has 2 saturated heterocycles. The molecule has 0 aliphatic carbocycles. The maximum Gasteiger partial charge on any atom is 0.227 e. The van der Waals surface area contributed by atoms with Crippen LogP contribution in [0.5, 0.6) is 0 Å². The summed E-state index contributed by atoms with van der Waals surface area (Å²) in [5, 5.41) is 3.31. The smallest absolute Gasteiger partial charge is 0.227 e. The fourth-order valence-electron chi connectivity index (χ4n) is 3.61. The third-order valence-electron chi connectivity index (χ3n) is 4.85.